The Kier molecular flexibility index (Phi) is 2.89. The molecule has 2 aliphatic heterocycles. The third-order valence-electron chi connectivity index (χ3n) is 3.84. The molecule has 1 atom stereocenters. The number of fused-ring (bicyclic) bond motifs is 1. The van der Waals surface area contributed by atoms with Crippen molar-refractivity contribution in [2.45, 2.75) is 31.7 Å². The first-order valence-electron chi connectivity index (χ1n) is 6.60. The van der Waals surface area contributed by atoms with E-state index in [4.69, 9.17) is 5.73 Å². The van der Waals surface area contributed by atoms with Crippen LogP contribution >= 0.6 is 0 Å². The molecule has 0 aromatic rings. The van der Waals surface area contributed by atoms with Gasteiger partial charge in [-0.2, -0.15) is 0 Å². The summed E-state index contributed by atoms with van der Waals surface area (Å²) >= 11 is 0. The van der Waals surface area contributed by atoms with Gasteiger partial charge >= 0.3 is 6.09 Å². The van der Waals surface area contributed by atoms with Crippen molar-refractivity contribution in [3.05, 3.63) is 35.2 Å². The Hall–Kier alpha value is -2.04. The second-order valence-corrected chi connectivity index (χ2v) is 5.16. The van der Waals surface area contributed by atoms with Crippen LogP contribution in [0.15, 0.2) is 40.2 Å². The highest BCUT2D eigenvalue weighted by molar-refractivity contribution is 6.05. The van der Waals surface area contributed by atoms with Crippen LogP contribution in [0.1, 0.15) is 25.7 Å². The maximum Gasteiger partial charge on any atom is 0.407 e. The predicted octanol–water partition coefficient (Wildman–Crippen LogP) is 2.03. The van der Waals surface area contributed by atoms with E-state index in [0.717, 1.165) is 41.9 Å². The molecular weight excluding hydrogens is 242 g/mol. The van der Waals surface area contributed by atoms with Crippen LogP contribution in [0.25, 0.3) is 0 Å². The number of carbonyl (C=O) groups is 1. The molecule has 1 fully saturated rings. The minimum Gasteiger partial charge on any atom is -0.465 e. The van der Waals surface area contributed by atoms with Crippen LogP contribution in [-0.4, -0.2) is 34.4 Å². The minimum absolute atomic E-state index is 0.105. The van der Waals surface area contributed by atoms with Gasteiger partial charge in [-0.15, -0.1) is 0 Å². The smallest absolute Gasteiger partial charge is 0.407 e. The summed E-state index contributed by atoms with van der Waals surface area (Å²) in [6.07, 6.45) is 8.48. The predicted molar refractivity (Wildman–Crippen MR) is 72.9 cm³/mol. The molecule has 5 heteroatoms. The Bertz CT molecular complexity index is 543. The zero-order valence-electron chi connectivity index (χ0n) is 10.7. The van der Waals surface area contributed by atoms with Crippen LogP contribution in [-0.2, 0) is 0 Å². The summed E-state index contributed by atoms with van der Waals surface area (Å²) in [6.45, 7) is 0.599. The summed E-state index contributed by atoms with van der Waals surface area (Å²) in [7, 11) is 0. The molecule has 3 rings (SSSR count). The molecule has 19 heavy (non-hydrogen) atoms. The molecule has 0 spiro atoms. The molecule has 2 heterocycles. The fourth-order valence-corrected chi connectivity index (χ4v) is 2.89. The normalized spacial score (nSPS) is 26.1. The first-order chi connectivity index (χ1) is 9.15. The third-order valence-corrected chi connectivity index (χ3v) is 3.84. The number of nitrogens with zero attached hydrogens (tertiary/aromatic N) is 2. The molecule has 5 nitrogen and oxygen atoms in total. The van der Waals surface area contributed by atoms with Crippen molar-refractivity contribution in [1.29, 1.82) is 0 Å². The number of hydrogen-bond donors (Lipinski definition) is 2. The summed E-state index contributed by atoms with van der Waals surface area (Å²) in [5.41, 5.74) is 9.54. The molecule has 1 amide bonds. The Labute approximate surface area is 111 Å². The maximum absolute atomic E-state index is 11.3. The monoisotopic (exact) mass is 259 g/mol. The van der Waals surface area contributed by atoms with E-state index in [-0.39, 0.29) is 6.04 Å². The van der Waals surface area contributed by atoms with Crippen LogP contribution in [0.3, 0.4) is 0 Å². The highest BCUT2D eigenvalue weighted by Crippen LogP contribution is 2.31. The SMILES string of the molecule is NC1=CC=C2N=C(C3CCCCN3C(=O)O)C=C2C1. The molecule has 0 bridgehead atoms. The lowest BCUT2D eigenvalue weighted by Crippen LogP contribution is -2.46. The van der Waals surface area contributed by atoms with Crippen molar-refractivity contribution in [3.8, 4) is 0 Å². The first kappa shape index (κ1) is 12.0. The Morgan fingerprint density at radius 1 is 1.42 bits per heavy atom. The lowest BCUT2D eigenvalue weighted by atomic mass is 9.96. The second-order valence-electron chi connectivity index (χ2n) is 5.16. The molecule has 1 aliphatic carbocycles. The largest absolute Gasteiger partial charge is 0.465 e. The minimum atomic E-state index is -0.854. The first-order valence-corrected chi connectivity index (χ1v) is 6.60. The zero-order valence-corrected chi connectivity index (χ0v) is 10.7. The molecule has 0 aromatic heterocycles. The molecule has 0 aromatic carbocycles. The molecule has 1 unspecified atom stereocenters. The van der Waals surface area contributed by atoms with Crippen molar-refractivity contribution in [2.24, 2.45) is 10.7 Å². The quantitative estimate of drug-likeness (QED) is 0.756. The van der Waals surface area contributed by atoms with Gasteiger partial charge in [0.15, 0.2) is 0 Å². The molecule has 3 N–H and O–H groups in total. The number of hydrogen-bond acceptors (Lipinski definition) is 3. The number of amides is 1. The van der Waals surface area contributed by atoms with E-state index in [9.17, 15) is 9.90 Å². The summed E-state index contributed by atoms with van der Waals surface area (Å²) < 4.78 is 0. The fraction of sp³-hybridized carbons (Fsp3) is 0.429. The zero-order chi connectivity index (χ0) is 13.4. The lowest BCUT2D eigenvalue weighted by Gasteiger charge is -2.33. The number of rotatable bonds is 1. The number of likely N-dealkylation sites (tertiary alicyclic amines) is 1. The van der Waals surface area contributed by atoms with Crippen molar-refractivity contribution in [3.63, 3.8) is 0 Å². The van der Waals surface area contributed by atoms with E-state index in [1.54, 1.807) is 0 Å². The number of aliphatic imine (C=N–C) groups is 1. The topological polar surface area (TPSA) is 78.9 Å². The van der Waals surface area contributed by atoms with Crippen LogP contribution in [0, 0.1) is 0 Å². The lowest BCUT2D eigenvalue weighted by molar-refractivity contribution is 0.124. The standard InChI is InChI=1S/C14H17N3O2/c15-10-4-5-11-9(7-10)8-12(16-11)13-3-1-2-6-17(13)14(18)19/h4-5,8,13H,1-3,6-7,15H2,(H,18,19). The Morgan fingerprint density at radius 3 is 3.05 bits per heavy atom. The van der Waals surface area contributed by atoms with Crippen molar-refractivity contribution in [2.75, 3.05) is 6.54 Å². The molecule has 3 aliphatic rings. The highest BCUT2D eigenvalue weighted by atomic mass is 16.4. The van der Waals surface area contributed by atoms with E-state index < -0.39 is 6.09 Å². The highest BCUT2D eigenvalue weighted by Gasteiger charge is 2.32. The van der Waals surface area contributed by atoms with Gasteiger partial charge in [0.1, 0.15) is 0 Å². The summed E-state index contributed by atoms with van der Waals surface area (Å²) in [5.74, 6) is 0. The Morgan fingerprint density at radius 2 is 2.26 bits per heavy atom. The van der Waals surface area contributed by atoms with E-state index in [2.05, 4.69) is 4.99 Å². The van der Waals surface area contributed by atoms with Gasteiger partial charge in [0, 0.05) is 18.7 Å². The number of piperidine rings is 1. The average molecular weight is 259 g/mol. The van der Waals surface area contributed by atoms with Crippen LogP contribution in [0.5, 0.6) is 0 Å². The second kappa shape index (κ2) is 4.57. The van der Waals surface area contributed by atoms with Gasteiger partial charge in [-0.25, -0.2) is 4.79 Å². The van der Waals surface area contributed by atoms with Crippen LogP contribution < -0.4 is 5.73 Å². The fourth-order valence-electron chi connectivity index (χ4n) is 2.89. The number of carboxylic acid groups (broad SMARTS) is 1. The van der Waals surface area contributed by atoms with Gasteiger partial charge in [0.2, 0.25) is 0 Å². The van der Waals surface area contributed by atoms with Gasteiger partial charge in [0.05, 0.1) is 17.5 Å². The third kappa shape index (κ3) is 2.16. The number of nitrogens with two attached hydrogens (primary N) is 1. The maximum atomic E-state index is 11.3. The average Bonchev–Trinajstić information content (AvgIpc) is 2.81. The van der Waals surface area contributed by atoms with Gasteiger partial charge in [-0.3, -0.25) is 9.89 Å². The van der Waals surface area contributed by atoms with Crippen molar-refractivity contribution < 1.29 is 9.90 Å². The van der Waals surface area contributed by atoms with Crippen LogP contribution in [0.4, 0.5) is 4.79 Å². The number of allylic oxidation sites excluding steroid dienone is 4. The van der Waals surface area contributed by atoms with Gasteiger partial charge < -0.3 is 10.8 Å². The summed E-state index contributed by atoms with van der Waals surface area (Å²) in [4.78, 5) is 17.4. The van der Waals surface area contributed by atoms with E-state index in [1.165, 1.54) is 4.90 Å². The molecule has 1 saturated heterocycles. The van der Waals surface area contributed by atoms with Gasteiger partial charge in [-0.05, 0) is 43.1 Å². The molecular formula is C14H17N3O2. The van der Waals surface area contributed by atoms with E-state index in [1.807, 2.05) is 18.2 Å². The molecule has 100 valence electrons. The Balaban J connectivity index is 1.86. The van der Waals surface area contributed by atoms with E-state index in [0.29, 0.717) is 13.0 Å². The van der Waals surface area contributed by atoms with Gasteiger partial charge in [0.25, 0.3) is 0 Å². The van der Waals surface area contributed by atoms with Crippen molar-refractivity contribution >= 4 is 11.8 Å². The van der Waals surface area contributed by atoms with Crippen LogP contribution in [0.2, 0.25) is 0 Å². The van der Waals surface area contributed by atoms with Crippen molar-refractivity contribution in [1.82, 2.24) is 4.90 Å². The molecule has 0 radical (unpaired) electrons. The summed E-state index contributed by atoms with van der Waals surface area (Å²) in [5, 5.41) is 9.27. The summed E-state index contributed by atoms with van der Waals surface area (Å²) in [6, 6.07) is -0.105. The van der Waals surface area contributed by atoms with Gasteiger partial charge in [-0.1, -0.05) is 0 Å². The van der Waals surface area contributed by atoms with E-state index >= 15 is 0 Å². The molecule has 0 saturated carbocycles.